The van der Waals surface area contributed by atoms with Crippen LogP contribution < -0.4 is 5.73 Å². The fourth-order valence-corrected chi connectivity index (χ4v) is 1.17. The molecule has 16 heavy (non-hydrogen) atoms. The van der Waals surface area contributed by atoms with E-state index >= 15 is 0 Å². The molecule has 90 valence electrons. The standard InChI is InChI=1S/C10H18N4O2/c1-6(5-11)7-8(13-14-12-7)9(15)16-10(2,3)4/h6H,5,11H2,1-4H3,(H,12,13,14). The molecule has 0 spiro atoms. The van der Waals surface area contributed by atoms with Crippen molar-refractivity contribution in [1.29, 1.82) is 0 Å². The van der Waals surface area contributed by atoms with Crippen molar-refractivity contribution >= 4 is 5.97 Å². The number of hydrogen-bond donors (Lipinski definition) is 2. The highest BCUT2D eigenvalue weighted by Gasteiger charge is 2.25. The van der Waals surface area contributed by atoms with Gasteiger partial charge in [0.05, 0.1) is 0 Å². The van der Waals surface area contributed by atoms with Gasteiger partial charge in [0, 0.05) is 12.5 Å². The zero-order valence-corrected chi connectivity index (χ0v) is 10.1. The molecule has 0 fully saturated rings. The van der Waals surface area contributed by atoms with Crippen LogP contribution in [0.1, 0.15) is 49.8 Å². The first kappa shape index (κ1) is 12.6. The van der Waals surface area contributed by atoms with Crippen LogP contribution in [0.5, 0.6) is 0 Å². The van der Waals surface area contributed by atoms with Crippen molar-refractivity contribution < 1.29 is 9.53 Å². The molecule has 1 rings (SSSR count). The quantitative estimate of drug-likeness (QED) is 0.744. The number of nitrogens with two attached hydrogens (primary N) is 1. The molecule has 0 saturated heterocycles. The highest BCUT2D eigenvalue weighted by molar-refractivity contribution is 5.88. The van der Waals surface area contributed by atoms with E-state index in [4.69, 9.17) is 10.5 Å². The third kappa shape index (κ3) is 3.03. The number of aromatic nitrogens is 3. The molecule has 6 nitrogen and oxygen atoms in total. The largest absolute Gasteiger partial charge is 0.455 e. The van der Waals surface area contributed by atoms with Gasteiger partial charge < -0.3 is 10.5 Å². The van der Waals surface area contributed by atoms with Crippen LogP contribution in [-0.4, -0.2) is 33.5 Å². The number of nitrogens with one attached hydrogen (secondary N) is 1. The Hall–Kier alpha value is -1.43. The molecule has 1 aromatic heterocycles. The monoisotopic (exact) mass is 226 g/mol. The first-order valence-electron chi connectivity index (χ1n) is 5.19. The molecule has 0 bridgehead atoms. The fourth-order valence-electron chi connectivity index (χ4n) is 1.17. The number of hydrogen-bond acceptors (Lipinski definition) is 5. The molecule has 0 aliphatic heterocycles. The summed E-state index contributed by atoms with van der Waals surface area (Å²) in [5, 5.41) is 10.1. The number of H-pyrrole nitrogens is 1. The lowest BCUT2D eigenvalue weighted by Gasteiger charge is -2.19. The number of rotatable bonds is 3. The highest BCUT2D eigenvalue weighted by Crippen LogP contribution is 2.17. The van der Waals surface area contributed by atoms with Gasteiger partial charge in [0.25, 0.3) is 0 Å². The van der Waals surface area contributed by atoms with E-state index in [0.29, 0.717) is 12.2 Å². The maximum atomic E-state index is 11.8. The average molecular weight is 226 g/mol. The normalized spacial score (nSPS) is 13.6. The lowest BCUT2D eigenvalue weighted by atomic mass is 10.1. The summed E-state index contributed by atoms with van der Waals surface area (Å²) < 4.78 is 5.22. The van der Waals surface area contributed by atoms with E-state index in [1.807, 2.05) is 6.92 Å². The first-order valence-corrected chi connectivity index (χ1v) is 5.19. The number of carbonyl (C=O) groups is 1. The zero-order chi connectivity index (χ0) is 12.3. The molecule has 1 aromatic rings. The summed E-state index contributed by atoms with van der Waals surface area (Å²) in [7, 11) is 0. The van der Waals surface area contributed by atoms with E-state index in [1.165, 1.54) is 0 Å². The molecule has 0 aliphatic carbocycles. The van der Waals surface area contributed by atoms with E-state index < -0.39 is 11.6 Å². The lowest BCUT2D eigenvalue weighted by molar-refractivity contribution is 0.00611. The van der Waals surface area contributed by atoms with E-state index in [1.54, 1.807) is 20.8 Å². The van der Waals surface area contributed by atoms with Crippen LogP contribution in [0.3, 0.4) is 0 Å². The predicted octanol–water partition coefficient (Wildman–Crippen LogP) is 0.822. The topological polar surface area (TPSA) is 93.9 Å². The number of aromatic amines is 1. The van der Waals surface area contributed by atoms with Crippen LogP contribution in [-0.2, 0) is 4.74 Å². The fraction of sp³-hybridized carbons (Fsp3) is 0.700. The van der Waals surface area contributed by atoms with Gasteiger partial charge in [-0.25, -0.2) is 4.79 Å². The Labute approximate surface area is 94.6 Å². The van der Waals surface area contributed by atoms with Crippen molar-refractivity contribution in [1.82, 2.24) is 15.4 Å². The molecule has 0 saturated carbocycles. The molecule has 0 radical (unpaired) electrons. The number of nitrogens with zero attached hydrogens (tertiary/aromatic N) is 2. The van der Waals surface area contributed by atoms with Crippen LogP contribution >= 0.6 is 0 Å². The molecule has 1 atom stereocenters. The summed E-state index contributed by atoms with van der Waals surface area (Å²) in [4.78, 5) is 11.8. The summed E-state index contributed by atoms with van der Waals surface area (Å²) >= 11 is 0. The van der Waals surface area contributed by atoms with Crippen LogP contribution in [0.2, 0.25) is 0 Å². The van der Waals surface area contributed by atoms with E-state index in [2.05, 4.69) is 15.4 Å². The average Bonchev–Trinajstić information content (AvgIpc) is 2.62. The molecule has 3 N–H and O–H groups in total. The van der Waals surface area contributed by atoms with E-state index in [-0.39, 0.29) is 11.6 Å². The highest BCUT2D eigenvalue weighted by atomic mass is 16.6. The molecule has 0 aliphatic rings. The van der Waals surface area contributed by atoms with Gasteiger partial charge in [0.1, 0.15) is 11.3 Å². The van der Waals surface area contributed by atoms with Crippen molar-refractivity contribution in [3.8, 4) is 0 Å². The van der Waals surface area contributed by atoms with Gasteiger partial charge in [-0.15, -0.1) is 5.10 Å². The third-order valence-electron chi connectivity index (χ3n) is 1.99. The van der Waals surface area contributed by atoms with Crippen molar-refractivity contribution in [3.05, 3.63) is 11.4 Å². The van der Waals surface area contributed by atoms with Crippen LogP contribution in [0.25, 0.3) is 0 Å². The molecule has 0 aromatic carbocycles. The van der Waals surface area contributed by atoms with Crippen molar-refractivity contribution in [2.75, 3.05) is 6.54 Å². The Kier molecular flexibility index (Phi) is 3.64. The second-order valence-electron chi connectivity index (χ2n) is 4.70. The van der Waals surface area contributed by atoms with E-state index in [0.717, 1.165) is 0 Å². The number of esters is 1. The minimum Gasteiger partial charge on any atom is -0.455 e. The Morgan fingerprint density at radius 2 is 2.12 bits per heavy atom. The summed E-state index contributed by atoms with van der Waals surface area (Å²) in [5.74, 6) is -0.502. The lowest BCUT2D eigenvalue weighted by Crippen LogP contribution is -2.25. The van der Waals surface area contributed by atoms with Crippen LogP contribution in [0.15, 0.2) is 0 Å². The van der Waals surface area contributed by atoms with Gasteiger partial charge in [0.15, 0.2) is 5.69 Å². The van der Waals surface area contributed by atoms with Gasteiger partial charge in [-0.2, -0.15) is 10.3 Å². The minimum atomic E-state index is -0.542. The summed E-state index contributed by atoms with van der Waals surface area (Å²) in [6.45, 7) is 7.69. The second kappa shape index (κ2) is 4.61. The Bertz CT molecular complexity index is 367. The molecule has 0 amide bonds. The molecular formula is C10H18N4O2. The maximum absolute atomic E-state index is 11.8. The van der Waals surface area contributed by atoms with Crippen LogP contribution in [0.4, 0.5) is 0 Å². The SMILES string of the molecule is CC(CN)c1n[nH]nc1C(=O)OC(C)(C)C. The zero-order valence-electron chi connectivity index (χ0n) is 10.1. The third-order valence-corrected chi connectivity index (χ3v) is 1.99. The molecular weight excluding hydrogens is 208 g/mol. The maximum Gasteiger partial charge on any atom is 0.361 e. The Morgan fingerprint density at radius 1 is 1.50 bits per heavy atom. The predicted molar refractivity (Wildman–Crippen MR) is 59.0 cm³/mol. The minimum absolute atomic E-state index is 0.0266. The van der Waals surface area contributed by atoms with Crippen molar-refractivity contribution in [2.24, 2.45) is 5.73 Å². The molecule has 1 unspecified atom stereocenters. The summed E-state index contributed by atoms with van der Waals surface area (Å²) in [6.07, 6.45) is 0. The molecule has 1 heterocycles. The van der Waals surface area contributed by atoms with Gasteiger partial charge in [-0.05, 0) is 20.8 Å². The Morgan fingerprint density at radius 3 is 2.62 bits per heavy atom. The van der Waals surface area contributed by atoms with Gasteiger partial charge in [-0.1, -0.05) is 6.92 Å². The smallest absolute Gasteiger partial charge is 0.361 e. The number of ether oxygens (including phenoxy) is 1. The van der Waals surface area contributed by atoms with Gasteiger partial charge in [-0.3, -0.25) is 0 Å². The number of carbonyl (C=O) groups excluding carboxylic acids is 1. The van der Waals surface area contributed by atoms with Gasteiger partial charge >= 0.3 is 5.97 Å². The van der Waals surface area contributed by atoms with Crippen molar-refractivity contribution in [3.63, 3.8) is 0 Å². The van der Waals surface area contributed by atoms with Gasteiger partial charge in [0.2, 0.25) is 0 Å². The van der Waals surface area contributed by atoms with Crippen molar-refractivity contribution in [2.45, 2.75) is 39.2 Å². The van der Waals surface area contributed by atoms with E-state index in [9.17, 15) is 4.79 Å². The second-order valence-corrected chi connectivity index (χ2v) is 4.70. The first-order chi connectivity index (χ1) is 7.35. The molecule has 6 heteroatoms. The Balaban J connectivity index is 2.88. The summed E-state index contributed by atoms with van der Waals surface area (Å²) in [6, 6.07) is 0. The van der Waals surface area contributed by atoms with Crippen LogP contribution in [0, 0.1) is 0 Å². The summed E-state index contributed by atoms with van der Waals surface area (Å²) in [5.41, 5.74) is 5.75.